The molecule has 2 unspecified atom stereocenters. The maximum absolute atomic E-state index is 12.6. The van der Waals surface area contributed by atoms with Crippen molar-refractivity contribution in [3.05, 3.63) is 23.3 Å². The molecule has 0 aliphatic carbocycles. The van der Waals surface area contributed by atoms with Crippen LogP contribution in [0.25, 0.3) is 0 Å². The molecule has 1 fully saturated rings. The van der Waals surface area contributed by atoms with Gasteiger partial charge in [0.2, 0.25) is 0 Å². The van der Waals surface area contributed by atoms with E-state index in [4.69, 9.17) is 15.2 Å². The smallest absolute Gasteiger partial charge is 0.254 e. The Morgan fingerprint density at radius 1 is 1.33 bits per heavy atom. The summed E-state index contributed by atoms with van der Waals surface area (Å²) in [7, 11) is 3.19. The molecular formula is C16H24N2O3. The van der Waals surface area contributed by atoms with Crippen LogP contribution in [-0.4, -0.2) is 44.2 Å². The maximum atomic E-state index is 12.6. The number of methoxy groups -OCH3 is 2. The van der Waals surface area contributed by atoms with Crippen molar-refractivity contribution in [2.45, 2.75) is 26.3 Å². The Balaban J connectivity index is 2.24. The number of nitrogens with zero attached hydrogens (tertiary/aromatic N) is 1. The van der Waals surface area contributed by atoms with Crippen LogP contribution in [0.1, 0.15) is 29.3 Å². The Morgan fingerprint density at radius 3 is 2.33 bits per heavy atom. The lowest BCUT2D eigenvalue weighted by Crippen LogP contribution is -2.33. The number of amides is 1. The number of hydrogen-bond acceptors (Lipinski definition) is 4. The molecule has 5 heteroatoms. The Labute approximate surface area is 126 Å². The minimum atomic E-state index is 0.00903. The van der Waals surface area contributed by atoms with Gasteiger partial charge >= 0.3 is 0 Å². The number of hydrogen-bond donors (Lipinski definition) is 1. The van der Waals surface area contributed by atoms with E-state index in [1.54, 1.807) is 26.4 Å². The van der Waals surface area contributed by atoms with Crippen molar-refractivity contribution in [1.29, 1.82) is 0 Å². The Hall–Kier alpha value is -1.75. The van der Waals surface area contributed by atoms with Gasteiger partial charge in [0.1, 0.15) is 11.5 Å². The molecule has 2 N–H and O–H groups in total. The van der Waals surface area contributed by atoms with Gasteiger partial charge in [-0.15, -0.1) is 0 Å². The summed E-state index contributed by atoms with van der Waals surface area (Å²) in [6, 6.07) is 3.67. The fourth-order valence-corrected chi connectivity index (χ4v) is 2.79. The first-order valence-corrected chi connectivity index (χ1v) is 7.25. The van der Waals surface area contributed by atoms with E-state index in [9.17, 15) is 4.79 Å². The largest absolute Gasteiger partial charge is 0.496 e. The van der Waals surface area contributed by atoms with E-state index in [1.165, 1.54) is 0 Å². The molecule has 0 spiro atoms. The molecular weight excluding hydrogens is 268 g/mol. The quantitative estimate of drug-likeness (QED) is 0.919. The fraction of sp³-hybridized carbons (Fsp3) is 0.562. The van der Waals surface area contributed by atoms with Crippen molar-refractivity contribution < 1.29 is 14.3 Å². The summed E-state index contributed by atoms with van der Waals surface area (Å²) in [6.07, 6.45) is 0.962. The molecule has 5 nitrogen and oxygen atoms in total. The predicted molar refractivity (Wildman–Crippen MR) is 81.9 cm³/mol. The molecule has 1 saturated heterocycles. The summed E-state index contributed by atoms with van der Waals surface area (Å²) < 4.78 is 10.7. The van der Waals surface area contributed by atoms with Gasteiger partial charge in [-0.25, -0.2) is 0 Å². The van der Waals surface area contributed by atoms with Crippen LogP contribution in [0.5, 0.6) is 11.5 Å². The van der Waals surface area contributed by atoms with Gasteiger partial charge in [0, 0.05) is 30.3 Å². The van der Waals surface area contributed by atoms with Gasteiger partial charge in [-0.1, -0.05) is 0 Å². The molecule has 2 rings (SSSR count). The third-order valence-electron chi connectivity index (χ3n) is 4.25. The number of carbonyl (C=O) groups excluding carboxylic acids is 1. The van der Waals surface area contributed by atoms with E-state index in [0.29, 0.717) is 23.0 Å². The van der Waals surface area contributed by atoms with Crippen LogP contribution in [0.15, 0.2) is 12.1 Å². The molecule has 2 atom stereocenters. The summed E-state index contributed by atoms with van der Waals surface area (Å²) in [5.41, 5.74) is 7.42. The summed E-state index contributed by atoms with van der Waals surface area (Å²) in [5, 5.41) is 0. The van der Waals surface area contributed by atoms with Crippen LogP contribution in [0.3, 0.4) is 0 Å². The summed E-state index contributed by atoms with van der Waals surface area (Å²) in [6.45, 7) is 5.38. The second-order valence-corrected chi connectivity index (χ2v) is 5.66. The molecule has 21 heavy (non-hydrogen) atoms. The Morgan fingerprint density at radius 2 is 1.90 bits per heavy atom. The first-order valence-electron chi connectivity index (χ1n) is 7.25. The zero-order chi connectivity index (χ0) is 15.6. The molecule has 1 aliphatic rings. The zero-order valence-electron chi connectivity index (χ0n) is 13.2. The van der Waals surface area contributed by atoms with Crippen molar-refractivity contribution in [3.63, 3.8) is 0 Å². The monoisotopic (exact) mass is 292 g/mol. The van der Waals surface area contributed by atoms with Gasteiger partial charge in [-0.2, -0.15) is 0 Å². The summed E-state index contributed by atoms with van der Waals surface area (Å²) >= 11 is 0. The first kappa shape index (κ1) is 15.6. The number of rotatable bonds is 4. The van der Waals surface area contributed by atoms with E-state index in [-0.39, 0.29) is 11.9 Å². The molecule has 1 aromatic carbocycles. The molecule has 1 aliphatic heterocycles. The molecule has 1 amide bonds. The van der Waals surface area contributed by atoms with Crippen molar-refractivity contribution in [3.8, 4) is 11.5 Å². The van der Waals surface area contributed by atoms with Crippen molar-refractivity contribution in [2.24, 2.45) is 11.7 Å². The van der Waals surface area contributed by atoms with Gasteiger partial charge in [0.05, 0.1) is 14.2 Å². The minimum Gasteiger partial charge on any atom is -0.496 e. The second-order valence-electron chi connectivity index (χ2n) is 5.66. The second kappa shape index (κ2) is 6.35. The SMILES string of the molecule is COc1cc(C(=O)N2CCC(C(C)N)C2)cc(OC)c1C. The molecule has 1 heterocycles. The highest BCUT2D eigenvalue weighted by Crippen LogP contribution is 2.31. The number of nitrogens with two attached hydrogens (primary N) is 1. The van der Waals surface area contributed by atoms with Crippen LogP contribution >= 0.6 is 0 Å². The molecule has 116 valence electrons. The van der Waals surface area contributed by atoms with Crippen LogP contribution in [-0.2, 0) is 0 Å². The van der Waals surface area contributed by atoms with Crippen molar-refractivity contribution in [2.75, 3.05) is 27.3 Å². The number of carbonyl (C=O) groups is 1. The molecule has 0 saturated carbocycles. The average molecular weight is 292 g/mol. The van der Waals surface area contributed by atoms with Gasteiger partial charge in [-0.3, -0.25) is 4.79 Å². The Kier molecular flexibility index (Phi) is 4.73. The normalized spacial score (nSPS) is 19.5. The topological polar surface area (TPSA) is 64.8 Å². The van der Waals surface area contributed by atoms with Crippen LogP contribution in [0.2, 0.25) is 0 Å². The van der Waals surface area contributed by atoms with Crippen molar-refractivity contribution in [1.82, 2.24) is 4.90 Å². The average Bonchev–Trinajstić information content (AvgIpc) is 2.96. The molecule has 0 radical (unpaired) electrons. The van der Waals surface area contributed by atoms with E-state index < -0.39 is 0 Å². The maximum Gasteiger partial charge on any atom is 0.254 e. The lowest BCUT2D eigenvalue weighted by molar-refractivity contribution is 0.0785. The van der Waals surface area contributed by atoms with E-state index in [0.717, 1.165) is 25.1 Å². The third kappa shape index (κ3) is 3.13. The summed E-state index contributed by atoms with van der Waals surface area (Å²) in [4.78, 5) is 14.5. The van der Waals surface area contributed by atoms with Crippen molar-refractivity contribution >= 4 is 5.91 Å². The van der Waals surface area contributed by atoms with E-state index in [2.05, 4.69) is 0 Å². The van der Waals surface area contributed by atoms with Gasteiger partial charge < -0.3 is 20.1 Å². The number of ether oxygens (including phenoxy) is 2. The van der Waals surface area contributed by atoms with Crippen LogP contribution in [0.4, 0.5) is 0 Å². The van der Waals surface area contributed by atoms with Gasteiger partial charge in [0.25, 0.3) is 5.91 Å². The molecule has 1 aromatic rings. The predicted octanol–water partition coefficient (Wildman–Crippen LogP) is 1.82. The highest BCUT2D eigenvalue weighted by molar-refractivity contribution is 5.95. The summed E-state index contributed by atoms with van der Waals surface area (Å²) in [5.74, 6) is 1.72. The highest BCUT2D eigenvalue weighted by atomic mass is 16.5. The lowest BCUT2D eigenvalue weighted by atomic mass is 10.0. The van der Waals surface area contributed by atoms with E-state index >= 15 is 0 Å². The zero-order valence-corrected chi connectivity index (χ0v) is 13.2. The van der Waals surface area contributed by atoms with E-state index in [1.807, 2.05) is 18.7 Å². The third-order valence-corrected chi connectivity index (χ3v) is 4.25. The fourth-order valence-electron chi connectivity index (χ4n) is 2.79. The van der Waals surface area contributed by atoms with Crippen LogP contribution < -0.4 is 15.2 Å². The van der Waals surface area contributed by atoms with Gasteiger partial charge in [-0.05, 0) is 38.3 Å². The Bertz CT molecular complexity index is 503. The minimum absolute atomic E-state index is 0.00903. The number of likely N-dealkylation sites (tertiary alicyclic amines) is 1. The highest BCUT2D eigenvalue weighted by Gasteiger charge is 2.29. The lowest BCUT2D eigenvalue weighted by Gasteiger charge is -2.19. The van der Waals surface area contributed by atoms with Gasteiger partial charge in [0.15, 0.2) is 0 Å². The first-order chi connectivity index (χ1) is 9.97. The standard InChI is InChI=1S/C16H24N2O3/c1-10-14(20-3)7-13(8-15(10)21-4)16(19)18-6-5-12(9-18)11(2)17/h7-8,11-12H,5-6,9,17H2,1-4H3. The molecule has 0 aromatic heterocycles. The number of benzene rings is 1. The molecule has 0 bridgehead atoms. The van der Waals surface area contributed by atoms with Crippen LogP contribution in [0, 0.1) is 12.8 Å².